The third-order valence-electron chi connectivity index (χ3n) is 3.79. The number of rotatable bonds is 5. The van der Waals surface area contributed by atoms with Crippen LogP contribution in [-0.4, -0.2) is 47.3 Å². The number of anilines is 1. The number of aromatic amines is 1. The van der Waals surface area contributed by atoms with Crippen molar-refractivity contribution >= 4 is 28.9 Å². The lowest BCUT2D eigenvalue weighted by Crippen LogP contribution is -2.35. The van der Waals surface area contributed by atoms with Crippen LogP contribution in [0.3, 0.4) is 0 Å². The van der Waals surface area contributed by atoms with Gasteiger partial charge in [0.05, 0.1) is 23.7 Å². The van der Waals surface area contributed by atoms with E-state index >= 15 is 0 Å². The fraction of sp³-hybridized carbons (Fsp3) is 0.400. The molecule has 2 aromatic rings. The number of pyridine rings is 1. The number of carbonyl (C=O) groups excluding carboxylic acids is 2. The second kappa shape index (κ2) is 6.83. The van der Waals surface area contributed by atoms with E-state index in [1.807, 2.05) is 0 Å². The molecule has 0 saturated carbocycles. The fourth-order valence-electron chi connectivity index (χ4n) is 2.64. The molecule has 5 N–H and O–H groups in total. The average molecular weight is 335 g/mol. The minimum absolute atomic E-state index is 0.169. The number of amides is 2. The number of aromatic nitrogens is 2. The van der Waals surface area contributed by atoms with Crippen LogP contribution in [0.15, 0.2) is 18.2 Å². The number of hydrogen-bond donors (Lipinski definition) is 4. The zero-order valence-corrected chi connectivity index (χ0v) is 12.8. The lowest BCUT2D eigenvalue weighted by molar-refractivity contribution is -0.117. The Bertz CT molecular complexity index is 763. The molecule has 0 unspecified atom stereocenters. The quantitative estimate of drug-likeness (QED) is 0.645. The Morgan fingerprint density at radius 3 is 3.00 bits per heavy atom. The molecule has 1 aliphatic heterocycles. The summed E-state index contributed by atoms with van der Waals surface area (Å²) in [6.07, 6.45) is -1.16. The molecule has 1 fully saturated rings. The second-order valence-electron chi connectivity index (χ2n) is 5.62. The van der Waals surface area contributed by atoms with Crippen LogP contribution in [-0.2, 0) is 16.0 Å². The smallest absolute Gasteiger partial charge is 0.404 e. The first-order valence-electron chi connectivity index (χ1n) is 7.60. The van der Waals surface area contributed by atoms with Crippen LogP contribution < -0.4 is 16.4 Å². The SMILES string of the molecule is NC(=O)OCCc1cc2nc(NC(=O)[C@H]3C[C@@H](F)CN3)ccc2[nH]1. The number of ether oxygens (including phenoxy) is 1. The van der Waals surface area contributed by atoms with Crippen LogP contribution in [0.5, 0.6) is 0 Å². The minimum Gasteiger partial charge on any atom is -0.449 e. The van der Waals surface area contributed by atoms with Crippen molar-refractivity contribution in [3.8, 4) is 0 Å². The number of fused-ring (bicyclic) bond motifs is 1. The molecule has 0 radical (unpaired) electrons. The minimum atomic E-state index is -0.994. The Kier molecular flexibility index (Phi) is 4.61. The first-order valence-corrected chi connectivity index (χ1v) is 7.60. The van der Waals surface area contributed by atoms with E-state index in [0.29, 0.717) is 17.8 Å². The summed E-state index contributed by atoms with van der Waals surface area (Å²) in [5, 5.41) is 5.51. The van der Waals surface area contributed by atoms with Crippen molar-refractivity contribution in [1.82, 2.24) is 15.3 Å². The molecule has 3 rings (SSSR count). The maximum atomic E-state index is 13.1. The molecule has 2 amide bonds. The van der Waals surface area contributed by atoms with E-state index in [9.17, 15) is 14.0 Å². The third-order valence-corrected chi connectivity index (χ3v) is 3.79. The van der Waals surface area contributed by atoms with Gasteiger partial charge in [-0.05, 0) is 18.2 Å². The van der Waals surface area contributed by atoms with E-state index in [4.69, 9.17) is 5.73 Å². The van der Waals surface area contributed by atoms with Crippen molar-refractivity contribution < 1.29 is 18.7 Å². The van der Waals surface area contributed by atoms with Gasteiger partial charge in [-0.25, -0.2) is 14.2 Å². The summed E-state index contributed by atoms with van der Waals surface area (Å²) < 4.78 is 17.8. The number of carbonyl (C=O) groups is 2. The van der Waals surface area contributed by atoms with Crippen molar-refractivity contribution in [1.29, 1.82) is 0 Å². The highest BCUT2D eigenvalue weighted by molar-refractivity contribution is 5.95. The van der Waals surface area contributed by atoms with Gasteiger partial charge < -0.3 is 26.1 Å². The van der Waals surface area contributed by atoms with Gasteiger partial charge in [-0.15, -0.1) is 0 Å². The maximum absolute atomic E-state index is 13.1. The van der Waals surface area contributed by atoms with E-state index in [1.54, 1.807) is 18.2 Å². The van der Waals surface area contributed by atoms with E-state index in [0.717, 1.165) is 11.2 Å². The Morgan fingerprint density at radius 1 is 1.46 bits per heavy atom. The molecule has 9 heteroatoms. The number of nitrogens with two attached hydrogens (primary N) is 1. The molecule has 24 heavy (non-hydrogen) atoms. The number of alkyl halides is 1. The van der Waals surface area contributed by atoms with Crippen LogP contribution in [0.4, 0.5) is 15.0 Å². The van der Waals surface area contributed by atoms with Gasteiger partial charge in [-0.3, -0.25) is 4.79 Å². The van der Waals surface area contributed by atoms with Crippen LogP contribution in [0.25, 0.3) is 11.0 Å². The average Bonchev–Trinajstić information content (AvgIpc) is 3.12. The highest BCUT2D eigenvalue weighted by atomic mass is 19.1. The number of H-pyrrole nitrogens is 1. The van der Waals surface area contributed by atoms with E-state index in [2.05, 4.69) is 25.3 Å². The lowest BCUT2D eigenvalue weighted by Gasteiger charge is -2.10. The first-order chi connectivity index (χ1) is 11.5. The van der Waals surface area contributed by atoms with Gasteiger partial charge >= 0.3 is 6.09 Å². The molecule has 3 heterocycles. The number of nitrogens with one attached hydrogen (secondary N) is 3. The van der Waals surface area contributed by atoms with Crippen molar-refractivity contribution in [2.24, 2.45) is 5.73 Å². The van der Waals surface area contributed by atoms with E-state index < -0.39 is 18.3 Å². The van der Waals surface area contributed by atoms with Gasteiger partial charge in [-0.2, -0.15) is 0 Å². The largest absolute Gasteiger partial charge is 0.449 e. The Balaban J connectivity index is 1.65. The summed E-state index contributed by atoms with van der Waals surface area (Å²) in [4.78, 5) is 30.1. The van der Waals surface area contributed by atoms with Crippen molar-refractivity contribution in [2.75, 3.05) is 18.5 Å². The van der Waals surface area contributed by atoms with Crippen LogP contribution >= 0.6 is 0 Å². The topological polar surface area (TPSA) is 122 Å². The van der Waals surface area contributed by atoms with Crippen molar-refractivity contribution in [2.45, 2.75) is 25.1 Å². The van der Waals surface area contributed by atoms with Gasteiger partial charge in [0.25, 0.3) is 0 Å². The summed E-state index contributed by atoms with van der Waals surface area (Å²) in [5.74, 6) is 0.100. The Morgan fingerprint density at radius 2 is 2.29 bits per heavy atom. The van der Waals surface area contributed by atoms with E-state index in [-0.39, 0.29) is 25.5 Å². The van der Waals surface area contributed by atoms with Gasteiger partial charge in [0, 0.05) is 25.1 Å². The molecular formula is C15H18FN5O3. The number of hydrogen-bond acceptors (Lipinski definition) is 5. The Hall–Kier alpha value is -2.68. The highest BCUT2D eigenvalue weighted by Crippen LogP contribution is 2.18. The molecule has 8 nitrogen and oxygen atoms in total. The van der Waals surface area contributed by atoms with Gasteiger partial charge in [0.15, 0.2) is 0 Å². The van der Waals surface area contributed by atoms with Crippen LogP contribution in [0.2, 0.25) is 0 Å². The molecular weight excluding hydrogens is 317 g/mol. The summed E-state index contributed by atoms with van der Waals surface area (Å²) in [6.45, 7) is 0.364. The summed E-state index contributed by atoms with van der Waals surface area (Å²) in [7, 11) is 0. The molecule has 0 spiro atoms. The maximum Gasteiger partial charge on any atom is 0.404 e. The number of primary amides is 1. The third kappa shape index (κ3) is 3.80. The predicted octanol–water partition coefficient (Wildman–Crippen LogP) is 0.839. The Labute approximate surface area is 136 Å². The second-order valence-corrected chi connectivity index (χ2v) is 5.62. The summed E-state index contributed by atoms with van der Waals surface area (Å²) in [5.41, 5.74) is 7.21. The number of halogens is 1. The first kappa shape index (κ1) is 16.2. The van der Waals surface area contributed by atoms with Crippen LogP contribution in [0.1, 0.15) is 12.1 Å². The molecule has 0 bridgehead atoms. The molecule has 2 atom stereocenters. The zero-order chi connectivity index (χ0) is 17.1. The number of nitrogens with zero attached hydrogens (tertiary/aromatic N) is 1. The fourth-order valence-corrected chi connectivity index (χ4v) is 2.64. The summed E-state index contributed by atoms with van der Waals surface area (Å²) in [6, 6.07) is 4.73. The van der Waals surface area contributed by atoms with Crippen molar-refractivity contribution in [3.63, 3.8) is 0 Å². The summed E-state index contributed by atoms with van der Waals surface area (Å²) >= 11 is 0. The predicted molar refractivity (Wildman–Crippen MR) is 85.3 cm³/mol. The van der Waals surface area contributed by atoms with E-state index in [1.165, 1.54) is 0 Å². The standard InChI is InChI=1S/C15H18FN5O3/c16-8-5-12(18-7-8)14(22)21-13-2-1-10-11(20-13)6-9(19-10)3-4-24-15(17)23/h1-2,6,8,12,18-19H,3-5,7H2,(H2,17,23)(H,20,21,22)/t8-,12-/m1/s1. The molecule has 128 valence electrons. The molecule has 2 aromatic heterocycles. The van der Waals surface area contributed by atoms with Crippen LogP contribution in [0, 0.1) is 0 Å². The monoisotopic (exact) mass is 335 g/mol. The van der Waals surface area contributed by atoms with Gasteiger partial charge in [-0.1, -0.05) is 0 Å². The normalized spacial score (nSPS) is 20.2. The molecule has 1 saturated heterocycles. The molecule has 0 aliphatic carbocycles. The van der Waals surface area contributed by atoms with Gasteiger partial charge in [0.2, 0.25) is 5.91 Å². The lowest BCUT2D eigenvalue weighted by atomic mass is 10.2. The van der Waals surface area contributed by atoms with Crippen molar-refractivity contribution in [3.05, 3.63) is 23.9 Å². The highest BCUT2D eigenvalue weighted by Gasteiger charge is 2.29. The van der Waals surface area contributed by atoms with Gasteiger partial charge in [0.1, 0.15) is 12.0 Å². The molecule has 1 aliphatic rings. The molecule has 0 aromatic carbocycles. The zero-order valence-electron chi connectivity index (χ0n) is 12.8.